The van der Waals surface area contributed by atoms with E-state index in [4.69, 9.17) is 5.73 Å². The van der Waals surface area contributed by atoms with Gasteiger partial charge in [0.05, 0.1) is 23.9 Å². The molecule has 44 heavy (non-hydrogen) atoms. The number of hydrogen-bond acceptors (Lipinski definition) is 5. The van der Waals surface area contributed by atoms with E-state index in [1.807, 2.05) is 0 Å². The van der Waals surface area contributed by atoms with Crippen molar-refractivity contribution in [1.29, 1.82) is 0 Å². The van der Waals surface area contributed by atoms with Crippen molar-refractivity contribution in [3.05, 3.63) is 106 Å². The molecule has 13 heteroatoms. The quantitative estimate of drug-likeness (QED) is 0.248. The molecule has 7 nitrogen and oxygen atoms in total. The lowest BCUT2D eigenvalue weighted by atomic mass is 9.86. The number of pyridine rings is 1. The minimum absolute atomic E-state index is 0.0461. The second-order valence-electron chi connectivity index (χ2n) is 10.7. The Morgan fingerprint density at radius 2 is 1.80 bits per heavy atom. The van der Waals surface area contributed by atoms with E-state index in [2.05, 4.69) is 10.1 Å². The number of rotatable bonds is 9. The van der Waals surface area contributed by atoms with Gasteiger partial charge in [0, 0.05) is 47.8 Å². The van der Waals surface area contributed by atoms with E-state index in [9.17, 15) is 41.0 Å². The van der Waals surface area contributed by atoms with Crippen molar-refractivity contribution in [1.82, 2.24) is 14.8 Å². The van der Waals surface area contributed by atoms with Gasteiger partial charge < -0.3 is 10.8 Å². The molecule has 0 fully saturated rings. The van der Waals surface area contributed by atoms with Crippen LogP contribution < -0.4 is 5.73 Å². The van der Waals surface area contributed by atoms with Crippen LogP contribution in [0.2, 0.25) is 0 Å². The van der Waals surface area contributed by atoms with E-state index >= 15 is 0 Å². The van der Waals surface area contributed by atoms with E-state index in [0.29, 0.717) is 17.2 Å². The van der Waals surface area contributed by atoms with Crippen LogP contribution in [-0.4, -0.2) is 37.7 Å². The van der Waals surface area contributed by atoms with Gasteiger partial charge in [-0.05, 0) is 60.7 Å². The molecule has 0 spiro atoms. The Bertz CT molecular complexity index is 1720. The number of fused-ring (bicyclic) bond motifs is 1. The van der Waals surface area contributed by atoms with E-state index in [1.165, 1.54) is 18.3 Å². The fraction of sp³-hybridized carbons (Fsp3) is 0.290. The van der Waals surface area contributed by atoms with Crippen molar-refractivity contribution in [3.63, 3.8) is 0 Å². The molecule has 230 valence electrons. The number of benzene rings is 2. The number of Topliss-reactive ketones (excluding diaryl/α,β-unsaturated/α-hetero) is 1. The highest BCUT2D eigenvalue weighted by atomic mass is 19.4. The number of carbonyl (C=O) groups excluding carboxylic acids is 2. The Kier molecular flexibility index (Phi) is 8.60. The lowest BCUT2D eigenvalue weighted by molar-refractivity contribution is -0.142. The molecule has 5 rings (SSSR count). The number of amides is 1. The van der Waals surface area contributed by atoms with Gasteiger partial charge in [-0.15, -0.1) is 0 Å². The van der Waals surface area contributed by atoms with Crippen LogP contribution in [0.25, 0.3) is 11.1 Å². The van der Waals surface area contributed by atoms with Gasteiger partial charge in [-0.2, -0.15) is 18.3 Å². The number of nitrogens with zero attached hydrogens (tertiary/aromatic N) is 3. The third kappa shape index (κ3) is 6.67. The first-order valence-electron chi connectivity index (χ1n) is 13.6. The zero-order chi connectivity index (χ0) is 31.8. The Morgan fingerprint density at radius 3 is 2.48 bits per heavy atom. The zero-order valence-corrected chi connectivity index (χ0v) is 23.0. The molecule has 0 saturated carbocycles. The number of nitrogens with two attached hydrogens (primary N) is 1. The van der Waals surface area contributed by atoms with Gasteiger partial charge >= 0.3 is 6.18 Å². The number of carbonyl (C=O) groups is 2. The summed E-state index contributed by atoms with van der Waals surface area (Å²) in [4.78, 5) is 29.7. The number of aliphatic hydroxyl groups is 1. The van der Waals surface area contributed by atoms with Gasteiger partial charge in [0.15, 0.2) is 11.5 Å². The maximum Gasteiger partial charge on any atom is 0.435 e. The lowest BCUT2D eigenvalue weighted by Crippen LogP contribution is -2.24. The molecule has 1 amide bonds. The fourth-order valence-corrected chi connectivity index (χ4v) is 5.67. The highest BCUT2D eigenvalue weighted by Crippen LogP contribution is 2.37. The van der Waals surface area contributed by atoms with Gasteiger partial charge in [-0.25, -0.2) is 13.2 Å². The van der Waals surface area contributed by atoms with E-state index < -0.39 is 59.6 Å². The number of primary amides is 1. The molecular weight excluding hydrogens is 590 g/mol. The summed E-state index contributed by atoms with van der Waals surface area (Å²) in [5.74, 6) is -4.97. The van der Waals surface area contributed by atoms with Gasteiger partial charge in [0.25, 0.3) is 5.91 Å². The normalized spacial score (nSPS) is 15.6. The summed E-state index contributed by atoms with van der Waals surface area (Å²) >= 11 is 0. The highest BCUT2D eigenvalue weighted by Gasteiger charge is 2.40. The zero-order valence-electron chi connectivity index (χ0n) is 23.0. The molecule has 0 radical (unpaired) electrons. The highest BCUT2D eigenvalue weighted by molar-refractivity contribution is 5.94. The minimum atomic E-state index is -4.76. The Labute approximate surface area is 247 Å². The lowest BCUT2D eigenvalue weighted by Gasteiger charge is -2.21. The number of halogens is 6. The summed E-state index contributed by atoms with van der Waals surface area (Å²) in [6.07, 6.45) is -4.67. The second-order valence-corrected chi connectivity index (χ2v) is 10.7. The third-order valence-corrected chi connectivity index (χ3v) is 7.56. The molecule has 1 unspecified atom stereocenters. The molecule has 1 aliphatic carbocycles. The summed E-state index contributed by atoms with van der Waals surface area (Å²) in [7, 11) is 0. The first kappa shape index (κ1) is 30.9. The van der Waals surface area contributed by atoms with E-state index in [1.54, 1.807) is 12.1 Å². The predicted molar refractivity (Wildman–Crippen MR) is 146 cm³/mol. The summed E-state index contributed by atoms with van der Waals surface area (Å²) in [5.41, 5.74) is 5.04. The van der Waals surface area contributed by atoms with Crippen LogP contribution in [-0.2, 0) is 36.8 Å². The number of ketones is 1. The van der Waals surface area contributed by atoms with Crippen LogP contribution in [0.3, 0.4) is 0 Å². The SMILES string of the molecule is NC(=O)c1cc(-c2cccnc2[C@@H](CC(=O)Cn2nc(C(F)(F)F)c3c2CC(O)CC3)Cc2cc(F)cc(F)c2)ccc1F. The smallest absolute Gasteiger partial charge is 0.393 e. The topological polar surface area (TPSA) is 111 Å². The van der Waals surface area contributed by atoms with Gasteiger partial charge in [-0.3, -0.25) is 19.3 Å². The third-order valence-electron chi connectivity index (χ3n) is 7.56. The molecule has 3 N–H and O–H groups in total. The fourth-order valence-electron chi connectivity index (χ4n) is 5.67. The van der Waals surface area contributed by atoms with E-state index in [0.717, 1.165) is 22.9 Å². The van der Waals surface area contributed by atoms with Gasteiger partial charge in [0.2, 0.25) is 0 Å². The molecular formula is C31H26F6N4O3. The average Bonchev–Trinajstić information content (AvgIpc) is 3.30. The number of aliphatic hydroxyl groups excluding tert-OH is 1. The molecule has 0 saturated heterocycles. The number of aromatic nitrogens is 3. The monoisotopic (exact) mass is 616 g/mol. The molecule has 2 aromatic heterocycles. The van der Waals surface area contributed by atoms with Crippen LogP contribution in [0, 0.1) is 17.5 Å². The van der Waals surface area contributed by atoms with Crippen molar-refractivity contribution >= 4 is 11.7 Å². The van der Waals surface area contributed by atoms with Crippen LogP contribution in [0.4, 0.5) is 26.3 Å². The molecule has 0 aliphatic heterocycles. The van der Waals surface area contributed by atoms with Crippen molar-refractivity contribution in [3.8, 4) is 11.1 Å². The number of alkyl halides is 3. The first-order valence-corrected chi connectivity index (χ1v) is 13.6. The minimum Gasteiger partial charge on any atom is -0.393 e. The maximum atomic E-state index is 14.2. The number of hydrogen-bond donors (Lipinski definition) is 2. The first-order chi connectivity index (χ1) is 20.8. The summed E-state index contributed by atoms with van der Waals surface area (Å²) in [5, 5.41) is 13.8. The van der Waals surface area contributed by atoms with Crippen LogP contribution in [0.15, 0.2) is 54.7 Å². The largest absolute Gasteiger partial charge is 0.435 e. The Hall–Kier alpha value is -4.52. The maximum absolute atomic E-state index is 14.2. The van der Waals surface area contributed by atoms with Crippen molar-refractivity contribution in [2.24, 2.45) is 5.73 Å². The molecule has 2 heterocycles. The van der Waals surface area contributed by atoms with E-state index in [-0.39, 0.29) is 60.2 Å². The molecule has 4 aromatic rings. The molecule has 1 aliphatic rings. The molecule has 0 bridgehead atoms. The summed E-state index contributed by atoms with van der Waals surface area (Å²) < 4.78 is 84.6. The summed E-state index contributed by atoms with van der Waals surface area (Å²) in [6.45, 7) is -0.552. The van der Waals surface area contributed by atoms with Gasteiger partial charge in [0.1, 0.15) is 17.5 Å². The summed E-state index contributed by atoms with van der Waals surface area (Å²) in [6, 6.07) is 9.68. The standard InChI is InChI=1S/C31H26F6N4O3/c32-19-9-16(10-20(33)13-19)8-18(28-23(2-1-7-39-28)17-3-6-26(34)25(12-17)30(38)44)11-22(43)15-41-27-14-21(42)4-5-24(27)29(40-41)31(35,36)37/h1-3,6-7,9-10,12-13,18,21,42H,4-5,8,11,14-15H2,(H2,38,44)/t18-,21?/m1/s1. The second kappa shape index (κ2) is 12.2. The van der Waals surface area contributed by atoms with Gasteiger partial charge in [-0.1, -0.05) is 12.1 Å². The van der Waals surface area contributed by atoms with Crippen molar-refractivity contribution in [2.75, 3.05) is 0 Å². The van der Waals surface area contributed by atoms with Crippen molar-refractivity contribution in [2.45, 2.75) is 56.8 Å². The van der Waals surface area contributed by atoms with Crippen LogP contribution in [0.5, 0.6) is 0 Å². The Balaban J connectivity index is 1.53. The van der Waals surface area contributed by atoms with Crippen LogP contribution in [0.1, 0.15) is 57.3 Å². The van der Waals surface area contributed by atoms with Crippen molar-refractivity contribution < 1.29 is 41.0 Å². The molecule has 2 aromatic carbocycles. The van der Waals surface area contributed by atoms with Crippen LogP contribution >= 0.6 is 0 Å². The molecule has 2 atom stereocenters. The Morgan fingerprint density at radius 1 is 1.07 bits per heavy atom. The average molecular weight is 617 g/mol. The predicted octanol–water partition coefficient (Wildman–Crippen LogP) is 5.32.